The molecule has 1 heteroatoms. The van der Waals surface area contributed by atoms with Crippen LogP contribution in [0, 0.1) is 0 Å². The molecule has 0 heterocycles. The van der Waals surface area contributed by atoms with E-state index in [0.29, 0.717) is 0 Å². The number of hydrogen-bond donors (Lipinski definition) is 0. The lowest BCUT2D eigenvalue weighted by molar-refractivity contribution is 0.590. The monoisotopic (exact) mass is 267 g/mol. The Morgan fingerprint density at radius 2 is 1.11 bits per heavy atom. The molecular formula is C18H37N. The molecule has 0 aliphatic heterocycles. The van der Waals surface area contributed by atoms with Gasteiger partial charge in [-0.15, -0.1) is 0 Å². The first-order valence-corrected chi connectivity index (χ1v) is 7.70. The summed E-state index contributed by atoms with van der Waals surface area (Å²) < 4.78 is 0. The van der Waals surface area contributed by atoms with Crippen LogP contribution in [0.15, 0.2) is 24.3 Å². The maximum atomic E-state index is 2.25. The molecule has 0 radical (unpaired) electrons. The van der Waals surface area contributed by atoms with Gasteiger partial charge < -0.3 is 4.90 Å². The van der Waals surface area contributed by atoms with E-state index in [2.05, 4.69) is 64.0 Å². The number of rotatable bonds is 1. The first-order valence-electron chi connectivity index (χ1n) is 7.70. The average Bonchev–Trinajstić information content (AvgIpc) is 2.44. The van der Waals surface area contributed by atoms with Crippen LogP contribution in [-0.2, 0) is 5.41 Å². The quantitative estimate of drug-likeness (QED) is 0.591. The van der Waals surface area contributed by atoms with Crippen molar-refractivity contribution in [2.45, 2.75) is 67.7 Å². The zero-order chi connectivity index (χ0) is 16.1. The predicted molar refractivity (Wildman–Crippen MR) is 93.5 cm³/mol. The maximum Gasteiger partial charge on any atom is 0.0398 e. The first kappa shape index (κ1) is 23.1. The van der Waals surface area contributed by atoms with Crippen molar-refractivity contribution in [3.8, 4) is 0 Å². The summed E-state index contributed by atoms with van der Waals surface area (Å²) in [7, 11) is 4.18. The van der Waals surface area contributed by atoms with Gasteiger partial charge in [0.2, 0.25) is 0 Å². The molecule has 0 spiro atoms. The second kappa shape index (κ2) is 13.5. The number of anilines is 1. The number of para-hydroxylation sites is 1. The Morgan fingerprint density at radius 1 is 0.737 bits per heavy atom. The molecule has 114 valence electrons. The van der Waals surface area contributed by atoms with E-state index in [-0.39, 0.29) is 5.41 Å². The van der Waals surface area contributed by atoms with Gasteiger partial charge in [0, 0.05) is 19.8 Å². The highest BCUT2D eigenvalue weighted by Crippen LogP contribution is 2.30. The summed E-state index contributed by atoms with van der Waals surface area (Å²) in [5.74, 6) is 0. The van der Waals surface area contributed by atoms with Crippen LogP contribution in [0.4, 0.5) is 5.69 Å². The molecule has 1 nitrogen and oxygen atoms in total. The molecule has 0 aromatic heterocycles. The van der Waals surface area contributed by atoms with Gasteiger partial charge >= 0.3 is 0 Å². The van der Waals surface area contributed by atoms with E-state index in [1.165, 1.54) is 11.3 Å². The summed E-state index contributed by atoms with van der Waals surface area (Å²) in [4.78, 5) is 2.17. The Morgan fingerprint density at radius 3 is 1.37 bits per heavy atom. The summed E-state index contributed by atoms with van der Waals surface area (Å²) in [6.45, 7) is 18.7. The van der Waals surface area contributed by atoms with Gasteiger partial charge in [-0.05, 0) is 17.0 Å². The molecule has 0 bridgehead atoms. The van der Waals surface area contributed by atoms with Gasteiger partial charge in [-0.3, -0.25) is 0 Å². The van der Waals surface area contributed by atoms with E-state index in [1.54, 1.807) is 0 Å². The standard InChI is InChI=1S/C12H19N.3C2H6/c1-12(2,3)10-8-6-7-9-11(10)13(4)5;3*1-2/h6-9H,1-5H3;3*1-2H3. The van der Waals surface area contributed by atoms with Crippen molar-refractivity contribution in [2.24, 2.45) is 0 Å². The fraction of sp³-hybridized carbons (Fsp3) is 0.667. The van der Waals surface area contributed by atoms with Crippen molar-refractivity contribution in [1.82, 2.24) is 0 Å². The topological polar surface area (TPSA) is 3.24 Å². The Balaban J connectivity index is -0.000000375. The second-order valence-corrected chi connectivity index (χ2v) is 4.66. The van der Waals surface area contributed by atoms with Crippen molar-refractivity contribution in [3.05, 3.63) is 29.8 Å². The summed E-state index contributed by atoms with van der Waals surface area (Å²) >= 11 is 0. The van der Waals surface area contributed by atoms with Gasteiger partial charge in [-0.2, -0.15) is 0 Å². The van der Waals surface area contributed by atoms with Crippen molar-refractivity contribution < 1.29 is 0 Å². The van der Waals surface area contributed by atoms with E-state index in [1.807, 2.05) is 41.5 Å². The Labute approximate surface area is 123 Å². The average molecular weight is 268 g/mol. The summed E-state index contributed by atoms with van der Waals surface area (Å²) in [5, 5.41) is 0. The first-order chi connectivity index (χ1) is 8.93. The minimum atomic E-state index is 0.223. The van der Waals surface area contributed by atoms with Gasteiger partial charge in [0.05, 0.1) is 0 Å². The molecule has 0 atom stereocenters. The molecule has 0 amide bonds. The highest BCUT2D eigenvalue weighted by molar-refractivity contribution is 5.55. The van der Waals surface area contributed by atoms with E-state index < -0.39 is 0 Å². The molecule has 0 N–H and O–H groups in total. The molecule has 0 saturated heterocycles. The van der Waals surface area contributed by atoms with Crippen LogP contribution in [0.5, 0.6) is 0 Å². The Hall–Kier alpha value is -0.980. The molecule has 0 saturated carbocycles. The molecule has 0 aliphatic carbocycles. The number of benzene rings is 1. The number of hydrogen-bond acceptors (Lipinski definition) is 1. The molecule has 1 rings (SSSR count). The lowest BCUT2D eigenvalue weighted by atomic mass is 9.85. The fourth-order valence-electron chi connectivity index (χ4n) is 1.50. The molecule has 0 unspecified atom stereocenters. The smallest absolute Gasteiger partial charge is 0.0398 e. The fourth-order valence-corrected chi connectivity index (χ4v) is 1.50. The van der Waals surface area contributed by atoms with E-state index in [9.17, 15) is 0 Å². The summed E-state index contributed by atoms with van der Waals surface area (Å²) in [6.07, 6.45) is 0. The molecule has 1 aromatic rings. The predicted octanol–water partition coefficient (Wildman–Crippen LogP) is 6.13. The minimum absolute atomic E-state index is 0.223. The third kappa shape index (κ3) is 9.58. The van der Waals surface area contributed by atoms with Crippen LogP contribution in [0.1, 0.15) is 67.9 Å². The molecule has 0 aliphatic rings. The van der Waals surface area contributed by atoms with Crippen molar-refractivity contribution in [3.63, 3.8) is 0 Å². The van der Waals surface area contributed by atoms with Crippen LogP contribution in [-0.4, -0.2) is 14.1 Å². The Kier molecular flexibility index (Phi) is 16.4. The minimum Gasteiger partial charge on any atom is -0.377 e. The zero-order valence-electron chi connectivity index (χ0n) is 15.3. The number of nitrogens with zero attached hydrogens (tertiary/aromatic N) is 1. The van der Waals surface area contributed by atoms with Gasteiger partial charge in [0.1, 0.15) is 0 Å². The molecule has 0 fully saturated rings. The van der Waals surface area contributed by atoms with Gasteiger partial charge in [-0.25, -0.2) is 0 Å². The van der Waals surface area contributed by atoms with Gasteiger partial charge in [0.25, 0.3) is 0 Å². The third-order valence-corrected chi connectivity index (χ3v) is 2.19. The van der Waals surface area contributed by atoms with Crippen molar-refractivity contribution in [2.75, 3.05) is 19.0 Å². The maximum absolute atomic E-state index is 2.25. The highest BCUT2D eigenvalue weighted by atomic mass is 15.1. The third-order valence-electron chi connectivity index (χ3n) is 2.19. The highest BCUT2D eigenvalue weighted by Gasteiger charge is 2.17. The van der Waals surface area contributed by atoms with Crippen molar-refractivity contribution in [1.29, 1.82) is 0 Å². The van der Waals surface area contributed by atoms with Crippen LogP contribution < -0.4 is 4.90 Å². The second-order valence-electron chi connectivity index (χ2n) is 4.66. The van der Waals surface area contributed by atoms with Crippen LogP contribution in [0.3, 0.4) is 0 Å². The zero-order valence-corrected chi connectivity index (χ0v) is 15.3. The molecular weight excluding hydrogens is 230 g/mol. The summed E-state index contributed by atoms with van der Waals surface area (Å²) in [6, 6.07) is 8.56. The Bertz CT molecular complexity index is 282. The largest absolute Gasteiger partial charge is 0.377 e. The summed E-state index contributed by atoms with van der Waals surface area (Å²) in [5.41, 5.74) is 2.94. The van der Waals surface area contributed by atoms with Gasteiger partial charge in [-0.1, -0.05) is 80.5 Å². The van der Waals surface area contributed by atoms with E-state index >= 15 is 0 Å². The van der Waals surface area contributed by atoms with E-state index in [0.717, 1.165) is 0 Å². The van der Waals surface area contributed by atoms with Crippen LogP contribution in [0.25, 0.3) is 0 Å². The van der Waals surface area contributed by atoms with E-state index in [4.69, 9.17) is 0 Å². The molecule has 1 aromatic carbocycles. The van der Waals surface area contributed by atoms with Crippen molar-refractivity contribution >= 4 is 5.69 Å². The van der Waals surface area contributed by atoms with Crippen LogP contribution >= 0.6 is 0 Å². The lowest BCUT2D eigenvalue weighted by Crippen LogP contribution is -2.18. The lowest BCUT2D eigenvalue weighted by Gasteiger charge is -2.26. The SMILES string of the molecule is CC.CC.CC.CN(C)c1ccccc1C(C)(C)C. The van der Waals surface area contributed by atoms with Crippen LogP contribution in [0.2, 0.25) is 0 Å². The van der Waals surface area contributed by atoms with Gasteiger partial charge in [0.15, 0.2) is 0 Å². The molecule has 19 heavy (non-hydrogen) atoms. The normalized spacial score (nSPS) is 8.79.